The van der Waals surface area contributed by atoms with Gasteiger partial charge in [-0.1, -0.05) is 31.2 Å². The van der Waals surface area contributed by atoms with Gasteiger partial charge in [-0.05, 0) is 54.4 Å². The molecule has 0 aliphatic carbocycles. The highest BCUT2D eigenvalue weighted by atomic mass is 16.5. The summed E-state index contributed by atoms with van der Waals surface area (Å²) in [7, 11) is 3.15. The molecular formula is C27H28N2O5. The first-order chi connectivity index (χ1) is 16.5. The fourth-order valence-corrected chi connectivity index (χ4v) is 3.96. The number of para-hydroxylation sites is 1. The van der Waals surface area contributed by atoms with E-state index < -0.39 is 6.10 Å². The van der Waals surface area contributed by atoms with Gasteiger partial charge in [-0.15, -0.1) is 0 Å². The van der Waals surface area contributed by atoms with Crippen LogP contribution in [0.4, 0.5) is 5.69 Å². The van der Waals surface area contributed by atoms with E-state index in [9.17, 15) is 9.59 Å². The smallest absolute Gasteiger partial charge is 0.264 e. The number of fused-ring (bicyclic) bond motifs is 1. The van der Waals surface area contributed by atoms with E-state index in [-0.39, 0.29) is 11.8 Å². The summed E-state index contributed by atoms with van der Waals surface area (Å²) in [5.41, 5.74) is 2.88. The van der Waals surface area contributed by atoms with Crippen LogP contribution < -0.4 is 19.5 Å². The van der Waals surface area contributed by atoms with Gasteiger partial charge in [-0.2, -0.15) is 0 Å². The highest BCUT2D eigenvalue weighted by Gasteiger charge is 2.30. The Morgan fingerprint density at radius 3 is 2.53 bits per heavy atom. The maximum Gasteiger partial charge on any atom is 0.264 e. The lowest BCUT2D eigenvalue weighted by Crippen LogP contribution is -2.38. The van der Waals surface area contributed by atoms with Crippen molar-refractivity contribution in [2.24, 2.45) is 0 Å². The second-order valence-electron chi connectivity index (χ2n) is 8.03. The second kappa shape index (κ2) is 10.3. The molecule has 4 rings (SSSR count). The molecule has 176 valence electrons. The van der Waals surface area contributed by atoms with Gasteiger partial charge in [-0.3, -0.25) is 9.59 Å². The van der Waals surface area contributed by atoms with Crippen LogP contribution in [0.2, 0.25) is 0 Å². The lowest BCUT2D eigenvalue weighted by Gasteiger charge is -2.23. The number of rotatable bonds is 7. The highest BCUT2D eigenvalue weighted by Crippen LogP contribution is 2.31. The predicted octanol–water partition coefficient (Wildman–Crippen LogP) is 4.66. The summed E-state index contributed by atoms with van der Waals surface area (Å²) in [6, 6.07) is 20.2. The van der Waals surface area contributed by atoms with Gasteiger partial charge in [0.25, 0.3) is 11.8 Å². The lowest BCUT2D eigenvalue weighted by molar-refractivity contribution is -0.139. The molecule has 2 amide bonds. The summed E-state index contributed by atoms with van der Waals surface area (Å²) in [6.07, 6.45) is -0.00235. The molecule has 1 heterocycles. The van der Waals surface area contributed by atoms with Crippen molar-refractivity contribution in [2.45, 2.75) is 32.5 Å². The standard InChI is InChI=1S/C27H28N2O5/c1-4-23-27(31)29(16-18-9-12-21(32-2)13-10-18)17-19-15-20(11-14-24(19)34-23)28-26(30)22-7-5-6-8-25(22)33-3/h5-15,23H,4,16-17H2,1-3H3,(H,28,30)/t23-/m0/s1. The molecule has 3 aromatic carbocycles. The fraction of sp³-hybridized carbons (Fsp3) is 0.259. The number of carbonyl (C=O) groups is 2. The first-order valence-corrected chi connectivity index (χ1v) is 11.2. The normalized spacial score (nSPS) is 15.1. The fourth-order valence-electron chi connectivity index (χ4n) is 3.96. The van der Waals surface area contributed by atoms with Gasteiger partial charge in [0.2, 0.25) is 0 Å². The molecule has 0 unspecified atom stereocenters. The summed E-state index contributed by atoms with van der Waals surface area (Å²) in [5, 5.41) is 2.93. The molecule has 1 atom stereocenters. The average Bonchev–Trinajstić information content (AvgIpc) is 3.00. The zero-order valence-corrected chi connectivity index (χ0v) is 19.5. The monoisotopic (exact) mass is 460 g/mol. The number of benzene rings is 3. The molecular weight excluding hydrogens is 432 g/mol. The third-order valence-corrected chi connectivity index (χ3v) is 5.79. The number of nitrogens with one attached hydrogen (secondary N) is 1. The van der Waals surface area contributed by atoms with E-state index in [0.29, 0.717) is 42.3 Å². The van der Waals surface area contributed by atoms with Crippen LogP contribution in [-0.2, 0) is 17.9 Å². The Balaban J connectivity index is 1.58. The molecule has 0 spiro atoms. The number of nitrogens with zero attached hydrogens (tertiary/aromatic N) is 1. The quantitative estimate of drug-likeness (QED) is 0.555. The summed E-state index contributed by atoms with van der Waals surface area (Å²) in [6.45, 7) is 2.75. The second-order valence-corrected chi connectivity index (χ2v) is 8.03. The number of ether oxygens (including phenoxy) is 3. The van der Waals surface area contributed by atoms with Crippen molar-refractivity contribution in [1.29, 1.82) is 0 Å². The number of hydrogen-bond donors (Lipinski definition) is 1. The van der Waals surface area contributed by atoms with E-state index in [1.807, 2.05) is 43.3 Å². The Bertz CT molecular complexity index is 1180. The minimum atomic E-state index is -0.562. The molecule has 1 N–H and O–H groups in total. The number of anilines is 1. The van der Waals surface area contributed by atoms with Crippen molar-refractivity contribution in [3.8, 4) is 17.2 Å². The molecule has 0 saturated heterocycles. The summed E-state index contributed by atoms with van der Waals surface area (Å²) in [5.74, 6) is 1.58. The van der Waals surface area contributed by atoms with E-state index in [0.717, 1.165) is 16.9 Å². The molecule has 34 heavy (non-hydrogen) atoms. The molecule has 0 bridgehead atoms. The van der Waals surface area contributed by atoms with Crippen LogP contribution in [0.3, 0.4) is 0 Å². The number of carbonyl (C=O) groups excluding carboxylic acids is 2. The zero-order valence-electron chi connectivity index (χ0n) is 19.5. The van der Waals surface area contributed by atoms with Gasteiger partial charge in [-0.25, -0.2) is 0 Å². The van der Waals surface area contributed by atoms with Gasteiger partial charge in [0, 0.05) is 24.3 Å². The van der Waals surface area contributed by atoms with E-state index >= 15 is 0 Å². The summed E-state index contributed by atoms with van der Waals surface area (Å²) < 4.78 is 16.6. The average molecular weight is 461 g/mol. The van der Waals surface area contributed by atoms with Gasteiger partial charge in [0.15, 0.2) is 6.10 Å². The van der Waals surface area contributed by atoms with Crippen molar-refractivity contribution in [3.63, 3.8) is 0 Å². The van der Waals surface area contributed by atoms with Crippen LogP contribution in [0.25, 0.3) is 0 Å². The van der Waals surface area contributed by atoms with Crippen LogP contribution in [0.5, 0.6) is 17.2 Å². The van der Waals surface area contributed by atoms with Crippen molar-refractivity contribution < 1.29 is 23.8 Å². The Labute approximate surface area is 199 Å². The third-order valence-electron chi connectivity index (χ3n) is 5.79. The third kappa shape index (κ3) is 4.98. The van der Waals surface area contributed by atoms with Gasteiger partial charge in [0.05, 0.1) is 19.8 Å². The van der Waals surface area contributed by atoms with Crippen LogP contribution in [0, 0.1) is 0 Å². The first kappa shape index (κ1) is 23.2. The topological polar surface area (TPSA) is 77.1 Å². The summed E-state index contributed by atoms with van der Waals surface area (Å²) >= 11 is 0. The van der Waals surface area contributed by atoms with Crippen LogP contribution in [0.15, 0.2) is 66.7 Å². The van der Waals surface area contributed by atoms with Crippen molar-refractivity contribution in [3.05, 3.63) is 83.4 Å². The molecule has 1 aliphatic rings. The van der Waals surface area contributed by atoms with Crippen LogP contribution in [0.1, 0.15) is 34.8 Å². The Hall–Kier alpha value is -4.00. The minimum absolute atomic E-state index is 0.0610. The SMILES string of the molecule is CC[C@@H]1Oc2ccc(NC(=O)c3ccccc3OC)cc2CN(Cc2ccc(OC)cc2)C1=O. The predicted molar refractivity (Wildman–Crippen MR) is 129 cm³/mol. The molecule has 0 saturated carbocycles. The molecule has 7 nitrogen and oxygen atoms in total. The number of methoxy groups -OCH3 is 2. The van der Waals surface area contributed by atoms with Crippen molar-refractivity contribution in [1.82, 2.24) is 4.90 Å². The number of amides is 2. The van der Waals surface area contributed by atoms with E-state index in [4.69, 9.17) is 14.2 Å². The van der Waals surface area contributed by atoms with E-state index in [1.165, 1.54) is 7.11 Å². The van der Waals surface area contributed by atoms with E-state index in [2.05, 4.69) is 5.32 Å². The molecule has 0 fully saturated rings. The number of hydrogen-bond acceptors (Lipinski definition) is 5. The maximum atomic E-state index is 13.2. The Morgan fingerprint density at radius 1 is 1.06 bits per heavy atom. The molecule has 0 radical (unpaired) electrons. The zero-order chi connectivity index (χ0) is 24.1. The van der Waals surface area contributed by atoms with Gasteiger partial charge < -0.3 is 24.4 Å². The molecule has 0 aromatic heterocycles. The van der Waals surface area contributed by atoms with Gasteiger partial charge >= 0.3 is 0 Å². The highest BCUT2D eigenvalue weighted by molar-refractivity contribution is 6.06. The van der Waals surface area contributed by atoms with E-state index in [1.54, 1.807) is 42.3 Å². The van der Waals surface area contributed by atoms with Crippen molar-refractivity contribution >= 4 is 17.5 Å². The maximum absolute atomic E-state index is 13.2. The first-order valence-electron chi connectivity index (χ1n) is 11.2. The largest absolute Gasteiger partial charge is 0.497 e. The molecule has 3 aromatic rings. The molecule has 1 aliphatic heterocycles. The Morgan fingerprint density at radius 2 is 1.82 bits per heavy atom. The van der Waals surface area contributed by atoms with Gasteiger partial charge in [0.1, 0.15) is 17.2 Å². The van der Waals surface area contributed by atoms with Crippen LogP contribution in [-0.4, -0.2) is 37.0 Å². The van der Waals surface area contributed by atoms with Crippen LogP contribution >= 0.6 is 0 Å². The molecule has 7 heteroatoms. The van der Waals surface area contributed by atoms with Crippen molar-refractivity contribution in [2.75, 3.05) is 19.5 Å². The lowest BCUT2D eigenvalue weighted by atomic mass is 10.1. The summed E-state index contributed by atoms with van der Waals surface area (Å²) in [4.78, 5) is 27.8. The Kier molecular flexibility index (Phi) is 7.01. The minimum Gasteiger partial charge on any atom is -0.497 e.